The lowest BCUT2D eigenvalue weighted by atomic mass is 10.3. The second-order valence-electron chi connectivity index (χ2n) is 4.15. The van der Waals surface area contributed by atoms with E-state index in [1.807, 2.05) is 13.2 Å². The molecule has 0 aliphatic heterocycles. The van der Waals surface area contributed by atoms with Crippen LogP contribution in [-0.4, -0.2) is 24.8 Å². The summed E-state index contributed by atoms with van der Waals surface area (Å²) in [6.45, 7) is 0.470. The van der Waals surface area contributed by atoms with Crippen molar-refractivity contribution in [2.24, 2.45) is 7.05 Å². The number of ether oxygens (including phenoxy) is 1. The van der Waals surface area contributed by atoms with Gasteiger partial charge in [-0.3, -0.25) is 4.68 Å². The highest BCUT2D eigenvalue weighted by Crippen LogP contribution is 2.29. The molecule has 20 heavy (non-hydrogen) atoms. The predicted octanol–water partition coefficient (Wildman–Crippen LogP) is 2.73. The fraction of sp³-hybridized carbons (Fsp3) is 0.250. The third-order valence-corrected chi connectivity index (χ3v) is 4.56. The van der Waals surface area contributed by atoms with Crippen LogP contribution in [0.4, 0.5) is 0 Å². The van der Waals surface area contributed by atoms with Crippen LogP contribution >= 0.6 is 26.6 Å². The molecule has 0 unspecified atom stereocenters. The monoisotopic (exact) mass is 378 g/mol. The molecule has 8 heteroatoms. The molecule has 5 nitrogen and oxygen atoms in total. The van der Waals surface area contributed by atoms with Crippen molar-refractivity contribution >= 4 is 35.7 Å². The summed E-state index contributed by atoms with van der Waals surface area (Å²) in [5.41, 5.74) is 1.07. The van der Waals surface area contributed by atoms with Gasteiger partial charge in [-0.25, -0.2) is 8.42 Å². The van der Waals surface area contributed by atoms with Crippen LogP contribution in [-0.2, 0) is 22.5 Å². The van der Waals surface area contributed by atoms with Crippen molar-refractivity contribution in [3.63, 3.8) is 0 Å². The number of nitrogens with zero attached hydrogens (tertiary/aromatic N) is 2. The molecule has 2 aromatic rings. The van der Waals surface area contributed by atoms with E-state index in [2.05, 4.69) is 21.0 Å². The van der Waals surface area contributed by atoms with Gasteiger partial charge in [-0.2, -0.15) is 5.10 Å². The SMILES string of the molecule is Cn1cc(CCOc2ccc(S(=O)(=O)Cl)cc2Br)cn1. The molecule has 0 spiro atoms. The number of halogens is 2. The van der Waals surface area contributed by atoms with Gasteiger partial charge in [0.05, 0.1) is 22.2 Å². The van der Waals surface area contributed by atoms with Crippen molar-refractivity contribution in [3.05, 3.63) is 40.6 Å². The van der Waals surface area contributed by atoms with Crippen LogP contribution in [0.2, 0.25) is 0 Å². The van der Waals surface area contributed by atoms with Gasteiger partial charge in [-0.05, 0) is 39.7 Å². The lowest BCUT2D eigenvalue weighted by Gasteiger charge is -2.08. The lowest BCUT2D eigenvalue weighted by Crippen LogP contribution is -2.02. The van der Waals surface area contributed by atoms with E-state index in [0.29, 0.717) is 16.8 Å². The Bertz CT molecular complexity index is 715. The Labute approximate surface area is 130 Å². The molecule has 0 N–H and O–H groups in total. The van der Waals surface area contributed by atoms with E-state index in [1.54, 1.807) is 16.9 Å². The minimum atomic E-state index is -3.73. The highest BCUT2D eigenvalue weighted by atomic mass is 79.9. The van der Waals surface area contributed by atoms with E-state index < -0.39 is 9.05 Å². The van der Waals surface area contributed by atoms with Crippen molar-refractivity contribution in [3.8, 4) is 5.75 Å². The molecule has 108 valence electrons. The van der Waals surface area contributed by atoms with Gasteiger partial charge in [0.25, 0.3) is 9.05 Å². The van der Waals surface area contributed by atoms with Crippen LogP contribution in [0.25, 0.3) is 0 Å². The summed E-state index contributed by atoms with van der Waals surface area (Å²) >= 11 is 3.27. The minimum absolute atomic E-state index is 0.0330. The van der Waals surface area contributed by atoms with Crippen LogP contribution in [0.5, 0.6) is 5.75 Å². The molecule has 1 heterocycles. The summed E-state index contributed by atoms with van der Waals surface area (Å²) < 4.78 is 30.3. The van der Waals surface area contributed by atoms with Crippen molar-refractivity contribution in [2.45, 2.75) is 11.3 Å². The van der Waals surface area contributed by atoms with Gasteiger partial charge in [0.2, 0.25) is 0 Å². The number of hydrogen-bond donors (Lipinski definition) is 0. The maximum Gasteiger partial charge on any atom is 0.261 e. The quantitative estimate of drug-likeness (QED) is 0.750. The molecule has 0 amide bonds. The summed E-state index contributed by atoms with van der Waals surface area (Å²) in [6, 6.07) is 4.40. The summed E-state index contributed by atoms with van der Waals surface area (Å²) in [4.78, 5) is 0.0330. The van der Waals surface area contributed by atoms with Gasteiger partial charge in [0, 0.05) is 30.3 Å². The van der Waals surface area contributed by atoms with Gasteiger partial charge in [-0.1, -0.05) is 0 Å². The summed E-state index contributed by atoms with van der Waals surface area (Å²) in [7, 11) is 3.40. The lowest BCUT2D eigenvalue weighted by molar-refractivity contribution is 0.319. The Hall–Kier alpha value is -1.05. The Morgan fingerprint density at radius 1 is 1.45 bits per heavy atom. The smallest absolute Gasteiger partial charge is 0.261 e. The topological polar surface area (TPSA) is 61.2 Å². The molecule has 0 saturated carbocycles. The Balaban J connectivity index is 2.00. The molecule has 0 aliphatic carbocycles. The molecule has 0 atom stereocenters. The van der Waals surface area contributed by atoms with Gasteiger partial charge in [0.1, 0.15) is 5.75 Å². The summed E-state index contributed by atoms with van der Waals surface area (Å²) in [5.74, 6) is 0.568. The van der Waals surface area contributed by atoms with Gasteiger partial charge in [0.15, 0.2) is 0 Å². The maximum absolute atomic E-state index is 11.2. The third-order valence-electron chi connectivity index (χ3n) is 2.59. The first-order chi connectivity index (χ1) is 9.36. The average Bonchev–Trinajstić information content (AvgIpc) is 2.76. The first-order valence-corrected chi connectivity index (χ1v) is 8.81. The number of aryl methyl sites for hydroxylation is 1. The number of hydrogen-bond acceptors (Lipinski definition) is 4. The zero-order valence-corrected chi connectivity index (χ0v) is 13.7. The van der Waals surface area contributed by atoms with Gasteiger partial charge in [-0.15, -0.1) is 0 Å². The normalized spacial score (nSPS) is 11.6. The Morgan fingerprint density at radius 3 is 2.75 bits per heavy atom. The Morgan fingerprint density at radius 2 is 2.20 bits per heavy atom. The van der Waals surface area contributed by atoms with Crippen molar-refractivity contribution in [1.29, 1.82) is 0 Å². The van der Waals surface area contributed by atoms with Crippen LogP contribution < -0.4 is 4.74 Å². The number of benzene rings is 1. The second kappa shape index (κ2) is 6.15. The predicted molar refractivity (Wildman–Crippen MR) is 79.6 cm³/mol. The molecule has 2 rings (SSSR count). The maximum atomic E-state index is 11.2. The van der Waals surface area contributed by atoms with Gasteiger partial charge < -0.3 is 4.74 Å². The van der Waals surface area contributed by atoms with Crippen molar-refractivity contribution in [1.82, 2.24) is 9.78 Å². The van der Waals surface area contributed by atoms with Crippen molar-refractivity contribution in [2.75, 3.05) is 6.61 Å². The van der Waals surface area contributed by atoms with E-state index >= 15 is 0 Å². The number of rotatable bonds is 5. The molecule has 0 radical (unpaired) electrons. The first-order valence-electron chi connectivity index (χ1n) is 5.71. The van der Waals surface area contributed by atoms with E-state index in [0.717, 1.165) is 12.0 Å². The molecule has 0 aliphatic rings. The highest BCUT2D eigenvalue weighted by Gasteiger charge is 2.12. The van der Waals surface area contributed by atoms with Crippen LogP contribution in [0, 0.1) is 0 Å². The molecule has 0 bridgehead atoms. The van der Waals surface area contributed by atoms with E-state index in [1.165, 1.54) is 12.1 Å². The minimum Gasteiger partial charge on any atom is -0.492 e. The van der Waals surface area contributed by atoms with Crippen LogP contribution in [0.1, 0.15) is 5.56 Å². The molecule has 1 aromatic carbocycles. The standard InChI is InChI=1S/C12H12BrClN2O3S/c1-16-8-9(7-15-16)4-5-19-12-3-2-10(6-11(12)13)20(14,17)18/h2-3,6-8H,4-5H2,1H3. The Kier molecular flexibility index (Phi) is 4.72. The van der Waals surface area contributed by atoms with Crippen LogP contribution in [0.15, 0.2) is 40.0 Å². The first kappa shape index (κ1) is 15.3. The van der Waals surface area contributed by atoms with E-state index in [9.17, 15) is 8.42 Å². The molecule has 1 aromatic heterocycles. The van der Waals surface area contributed by atoms with Crippen LogP contribution in [0.3, 0.4) is 0 Å². The third kappa shape index (κ3) is 3.97. The zero-order chi connectivity index (χ0) is 14.8. The zero-order valence-electron chi connectivity index (χ0n) is 10.6. The molecule has 0 fully saturated rings. The molecule has 0 saturated heterocycles. The van der Waals surface area contributed by atoms with E-state index in [4.69, 9.17) is 15.4 Å². The summed E-state index contributed by atoms with van der Waals surface area (Å²) in [6.07, 6.45) is 4.42. The average molecular weight is 380 g/mol. The van der Waals surface area contributed by atoms with E-state index in [-0.39, 0.29) is 4.90 Å². The fourth-order valence-electron chi connectivity index (χ4n) is 1.63. The molecular formula is C12H12BrClN2O3S. The van der Waals surface area contributed by atoms with Crippen molar-refractivity contribution < 1.29 is 13.2 Å². The summed E-state index contributed by atoms with van der Waals surface area (Å²) in [5, 5.41) is 4.07. The molecular weight excluding hydrogens is 368 g/mol. The number of aromatic nitrogens is 2. The second-order valence-corrected chi connectivity index (χ2v) is 7.57. The van der Waals surface area contributed by atoms with Gasteiger partial charge >= 0.3 is 0 Å². The highest BCUT2D eigenvalue weighted by molar-refractivity contribution is 9.10. The largest absolute Gasteiger partial charge is 0.492 e. The fourth-order valence-corrected chi connectivity index (χ4v) is 3.05.